The summed E-state index contributed by atoms with van der Waals surface area (Å²) in [5.41, 5.74) is 8.62. The summed E-state index contributed by atoms with van der Waals surface area (Å²) in [7, 11) is 1.61. The number of benzene rings is 1. The summed E-state index contributed by atoms with van der Waals surface area (Å²) in [6, 6.07) is 7.98. The maximum Gasteiger partial charge on any atom is 0.208 e. The number of nitrogens with two attached hydrogens (primary N) is 1. The van der Waals surface area contributed by atoms with Gasteiger partial charge in [0.1, 0.15) is 23.6 Å². The summed E-state index contributed by atoms with van der Waals surface area (Å²) in [5.74, 6) is 1.25. The molecule has 0 saturated carbocycles. The summed E-state index contributed by atoms with van der Waals surface area (Å²) in [6.07, 6.45) is 1.49. The van der Waals surface area contributed by atoms with Gasteiger partial charge in [0.2, 0.25) is 5.88 Å². The van der Waals surface area contributed by atoms with E-state index in [1.54, 1.807) is 7.11 Å². The van der Waals surface area contributed by atoms with Crippen molar-refractivity contribution in [1.29, 1.82) is 5.26 Å². The smallest absolute Gasteiger partial charge is 0.208 e. The Morgan fingerprint density at radius 2 is 2.05 bits per heavy atom. The molecule has 0 atom stereocenters. The second kappa shape index (κ2) is 5.07. The lowest BCUT2D eigenvalue weighted by atomic mass is 9.97. The van der Waals surface area contributed by atoms with E-state index in [-0.39, 0.29) is 5.88 Å². The normalized spacial score (nSPS) is 10.5. The highest BCUT2D eigenvalue weighted by Crippen LogP contribution is 2.37. The summed E-state index contributed by atoms with van der Waals surface area (Å²) in [5, 5.41) is 9.13. The summed E-state index contributed by atoms with van der Waals surface area (Å²) in [6.45, 7) is 4.23. The van der Waals surface area contributed by atoms with E-state index < -0.39 is 0 Å². The molecule has 0 aliphatic heterocycles. The molecule has 0 fully saturated rings. The van der Waals surface area contributed by atoms with E-state index in [1.807, 2.05) is 18.2 Å². The molecule has 0 aliphatic carbocycles. The highest BCUT2D eigenvalue weighted by Gasteiger charge is 2.17. The van der Waals surface area contributed by atoms with Crippen LogP contribution in [0.1, 0.15) is 30.9 Å². The van der Waals surface area contributed by atoms with Crippen molar-refractivity contribution in [3.05, 3.63) is 35.6 Å². The standard InChI is InChI=1S/C15H16N2O2/c1-9(2)10-4-5-11(14(6-10)18-3)13-8-19-15(17)12(13)7-16/h4-6,8-9H,17H2,1-3H3. The Bertz CT molecular complexity index is 636. The van der Waals surface area contributed by atoms with E-state index in [9.17, 15) is 0 Å². The van der Waals surface area contributed by atoms with Crippen LogP contribution in [0.2, 0.25) is 0 Å². The number of hydrogen-bond donors (Lipinski definition) is 1. The molecule has 1 aromatic carbocycles. The molecule has 0 spiro atoms. The third-order valence-corrected chi connectivity index (χ3v) is 3.11. The predicted octanol–water partition coefficient (Wildman–Crippen LogP) is 3.53. The van der Waals surface area contributed by atoms with Crippen molar-refractivity contribution < 1.29 is 9.15 Å². The van der Waals surface area contributed by atoms with Gasteiger partial charge in [0.25, 0.3) is 0 Å². The monoisotopic (exact) mass is 256 g/mol. The third-order valence-electron chi connectivity index (χ3n) is 3.11. The van der Waals surface area contributed by atoms with Crippen molar-refractivity contribution in [2.75, 3.05) is 12.8 Å². The number of hydrogen-bond acceptors (Lipinski definition) is 4. The molecule has 2 rings (SSSR count). The van der Waals surface area contributed by atoms with Gasteiger partial charge in [-0.1, -0.05) is 26.0 Å². The van der Waals surface area contributed by atoms with Crippen LogP contribution >= 0.6 is 0 Å². The Hall–Kier alpha value is -2.41. The second-order valence-corrected chi connectivity index (χ2v) is 4.61. The van der Waals surface area contributed by atoms with Gasteiger partial charge in [0, 0.05) is 11.1 Å². The van der Waals surface area contributed by atoms with Crippen LogP contribution in [-0.2, 0) is 0 Å². The molecule has 2 N–H and O–H groups in total. The molecular formula is C15H16N2O2. The zero-order valence-electron chi connectivity index (χ0n) is 11.2. The number of nitrogen functional groups attached to an aromatic ring is 1. The predicted molar refractivity (Wildman–Crippen MR) is 73.9 cm³/mol. The van der Waals surface area contributed by atoms with Gasteiger partial charge in [-0.05, 0) is 17.5 Å². The average molecular weight is 256 g/mol. The first-order valence-corrected chi connectivity index (χ1v) is 6.03. The molecule has 0 radical (unpaired) electrons. The van der Waals surface area contributed by atoms with Crippen molar-refractivity contribution in [2.24, 2.45) is 0 Å². The fraction of sp³-hybridized carbons (Fsp3) is 0.267. The van der Waals surface area contributed by atoms with Crippen LogP contribution in [-0.4, -0.2) is 7.11 Å². The van der Waals surface area contributed by atoms with Crippen molar-refractivity contribution in [1.82, 2.24) is 0 Å². The highest BCUT2D eigenvalue weighted by atomic mass is 16.5. The van der Waals surface area contributed by atoms with Crippen LogP contribution in [0, 0.1) is 11.3 Å². The van der Waals surface area contributed by atoms with Crippen LogP contribution in [0.3, 0.4) is 0 Å². The SMILES string of the molecule is COc1cc(C(C)C)ccc1-c1coc(N)c1C#N. The van der Waals surface area contributed by atoms with Gasteiger partial charge in [0.05, 0.1) is 7.11 Å². The molecule has 19 heavy (non-hydrogen) atoms. The van der Waals surface area contributed by atoms with Crippen molar-refractivity contribution in [3.63, 3.8) is 0 Å². The summed E-state index contributed by atoms with van der Waals surface area (Å²) >= 11 is 0. The van der Waals surface area contributed by atoms with Crippen LogP contribution in [0.25, 0.3) is 11.1 Å². The molecule has 1 aromatic heterocycles. The fourth-order valence-electron chi connectivity index (χ4n) is 1.98. The zero-order valence-corrected chi connectivity index (χ0v) is 11.2. The number of furan rings is 1. The van der Waals surface area contributed by atoms with Crippen LogP contribution < -0.4 is 10.5 Å². The molecule has 0 amide bonds. The number of ether oxygens (including phenoxy) is 1. The number of nitriles is 1. The van der Waals surface area contributed by atoms with E-state index in [2.05, 4.69) is 19.9 Å². The minimum Gasteiger partial charge on any atom is -0.496 e. The Morgan fingerprint density at radius 3 is 2.63 bits per heavy atom. The second-order valence-electron chi connectivity index (χ2n) is 4.61. The van der Waals surface area contributed by atoms with E-state index >= 15 is 0 Å². The quantitative estimate of drug-likeness (QED) is 0.911. The first-order valence-electron chi connectivity index (χ1n) is 6.03. The first kappa shape index (κ1) is 13.0. The average Bonchev–Trinajstić information content (AvgIpc) is 2.78. The van der Waals surface area contributed by atoms with E-state index in [1.165, 1.54) is 11.8 Å². The zero-order chi connectivity index (χ0) is 14.0. The van der Waals surface area contributed by atoms with Gasteiger partial charge in [-0.2, -0.15) is 5.26 Å². The molecule has 0 bridgehead atoms. The van der Waals surface area contributed by atoms with Crippen LogP contribution in [0.4, 0.5) is 5.88 Å². The first-order chi connectivity index (χ1) is 9.08. The van der Waals surface area contributed by atoms with Crippen molar-refractivity contribution >= 4 is 5.88 Å². The molecule has 0 saturated heterocycles. The molecular weight excluding hydrogens is 240 g/mol. The largest absolute Gasteiger partial charge is 0.496 e. The molecule has 1 heterocycles. The Morgan fingerprint density at radius 1 is 1.32 bits per heavy atom. The molecule has 4 heteroatoms. The third kappa shape index (κ3) is 2.27. The minimum atomic E-state index is 0.132. The minimum absolute atomic E-state index is 0.132. The van der Waals surface area contributed by atoms with Crippen molar-refractivity contribution in [3.8, 4) is 22.9 Å². The van der Waals surface area contributed by atoms with E-state index in [4.69, 9.17) is 20.1 Å². The lowest BCUT2D eigenvalue weighted by Crippen LogP contribution is -1.93. The van der Waals surface area contributed by atoms with Gasteiger partial charge in [-0.3, -0.25) is 0 Å². The number of anilines is 1. The van der Waals surface area contributed by atoms with Gasteiger partial charge >= 0.3 is 0 Å². The maximum atomic E-state index is 9.13. The maximum absolute atomic E-state index is 9.13. The molecule has 4 nitrogen and oxygen atoms in total. The summed E-state index contributed by atoms with van der Waals surface area (Å²) in [4.78, 5) is 0. The molecule has 2 aromatic rings. The molecule has 0 unspecified atom stereocenters. The molecule has 0 aliphatic rings. The molecule has 98 valence electrons. The highest BCUT2D eigenvalue weighted by molar-refractivity contribution is 5.79. The van der Waals surface area contributed by atoms with Gasteiger partial charge in [-0.25, -0.2) is 0 Å². The summed E-state index contributed by atoms with van der Waals surface area (Å²) < 4.78 is 10.5. The van der Waals surface area contributed by atoms with Crippen LogP contribution in [0.15, 0.2) is 28.9 Å². The fourth-order valence-corrected chi connectivity index (χ4v) is 1.98. The van der Waals surface area contributed by atoms with Crippen molar-refractivity contribution in [2.45, 2.75) is 19.8 Å². The van der Waals surface area contributed by atoms with Gasteiger partial charge in [0.15, 0.2) is 0 Å². The van der Waals surface area contributed by atoms with Crippen LogP contribution in [0.5, 0.6) is 5.75 Å². The Labute approximate surface area is 112 Å². The number of nitrogens with zero attached hydrogens (tertiary/aromatic N) is 1. The Balaban J connectivity index is 2.59. The topological polar surface area (TPSA) is 72.2 Å². The van der Waals surface area contributed by atoms with E-state index in [0.717, 1.165) is 5.56 Å². The lowest BCUT2D eigenvalue weighted by Gasteiger charge is -2.11. The Kier molecular flexibility index (Phi) is 3.48. The van der Waals surface area contributed by atoms with Gasteiger partial charge in [-0.15, -0.1) is 0 Å². The van der Waals surface area contributed by atoms with Gasteiger partial charge < -0.3 is 14.9 Å². The number of rotatable bonds is 3. The lowest BCUT2D eigenvalue weighted by molar-refractivity contribution is 0.415. The number of methoxy groups -OCH3 is 1. The van der Waals surface area contributed by atoms with E-state index in [0.29, 0.717) is 22.8 Å².